The number of hydrogen-bond acceptors (Lipinski definition) is 5. The number of pyridine rings is 1. The van der Waals surface area contributed by atoms with E-state index in [4.69, 9.17) is 23.8 Å². The van der Waals surface area contributed by atoms with Crippen molar-refractivity contribution in [3.05, 3.63) is 27.4 Å². The molecule has 14 heavy (non-hydrogen) atoms. The average Bonchev–Trinajstić information content (AvgIpc) is 2.51. The summed E-state index contributed by atoms with van der Waals surface area (Å²) in [5.74, 6) is 0. The van der Waals surface area contributed by atoms with Gasteiger partial charge in [0.15, 0.2) is 3.95 Å². The lowest BCUT2D eigenvalue weighted by Gasteiger charge is -2.00. The summed E-state index contributed by atoms with van der Waals surface area (Å²) in [5.41, 5.74) is 0.787. The van der Waals surface area contributed by atoms with E-state index in [-0.39, 0.29) is 0 Å². The first-order valence-electron chi connectivity index (χ1n) is 3.67. The Balaban J connectivity index is 2.22. The summed E-state index contributed by atoms with van der Waals surface area (Å²) in [6.45, 7) is 0. The Morgan fingerprint density at radius 1 is 1.50 bits per heavy atom. The monoisotopic (exact) mass is 244 g/mol. The zero-order chi connectivity index (χ0) is 9.97. The summed E-state index contributed by atoms with van der Waals surface area (Å²) in [6, 6.07) is 1.76. The minimum absolute atomic E-state index is 0.578. The van der Waals surface area contributed by atoms with Crippen LogP contribution >= 0.6 is 35.2 Å². The third kappa shape index (κ3) is 2.28. The second kappa shape index (κ2) is 4.04. The highest BCUT2D eigenvalue weighted by molar-refractivity contribution is 7.73. The Hall–Kier alpha value is -0.980. The van der Waals surface area contributed by atoms with Crippen LogP contribution in [0.1, 0.15) is 0 Å². The normalized spacial score (nSPS) is 10.1. The quantitative estimate of drug-likeness (QED) is 0.798. The van der Waals surface area contributed by atoms with Crippen LogP contribution in [0.2, 0.25) is 5.02 Å². The molecule has 0 saturated carbocycles. The number of hydrogen-bond donors (Lipinski definition) is 2. The molecule has 0 atom stereocenters. The fourth-order valence-corrected chi connectivity index (χ4v) is 1.87. The molecule has 0 aliphatic rings. The van der Waals surface area contributed by atoms with Crippen molar-refractivity contribution in [3.8, 4) is 0 Å². The predicted octanol–water partition coefficient (Wildman–Crippen LogP) is 2.99. The number of aromatic amines is 1. The SMILES string of the molecule is S=c1[nH]nc(Nc2cncc(Cl)c2)s1. The Morgan fingerprint density at radius 3 is 3.00 bits per heavy atom. The minimum atomic E-state index is 0.578. The van der Waals surface area contributed by atoms with E-state index in [9.17, 15) is 0 Å². The smallest absolute Gasteiger partial charge is 0.208 e. The van der Waals surface area contributed by atoms with Crippen molar-refractivity contribution in [1.29, 1.82) is 0 Å². The standard InChI is InChI=1S/C7H5ClN4S2/c8-4-1-5(3-9-2-4)10-6-11-12-7(13)14-6/h1-3H,(H,10,11)(H,12,13). The summed E-state index contributed by atoms with van der Waals surface area (Å²) in [5, 5.41) is 10.9. The maximum Gasteiger partial charge on any atom is 0.208 e. The summed E-state index contributed by atoms with van der Waals surface area (Å²) >= 11 is 12.0. The summed E-state index contributed by atoms with van der Waals surface area (Å²) in [7, 11) is 0. The predicted molar refractivity (Wildman–Crippen MR) is 59.8 cm³/mol. The van der Waals surface area contributed by atoms with Gasteiger partial charge in [-0.25, -0.2) is 0 Å². The van der Waals surface area contributed by atoms with Crippen LogP contribution in [0, 0.1) is 3.95 Å². The number of aromatic nitrogens is 3. The van der Waals surface area contributed by atoms with Crippen LogP contribution in [0.25, 0.3) is 0 Å². The summed E-state index contributed by atoms with van der Waals surface area (Å²) < 4.78 is 0.627. The Morgan fingerprint density at radius 2 is 2.36 bits per heavy atom. The van der Waals surface area contributed by atoms with E-state index < -0.39 is 0 Å². The second-order valence-electron chi connectivity index (χ2n) is 2.44. The molecule has 4 nitrogen and oxygen atoms in total. The van der Waals surface area contributed by atoms with E-state index in [0.29, 0.717) is 14.1 Å². The molecule has 0 aliphatic heterocycles. The number of anilines is 2. The first-order valence-corrected chi connectivity index (χ1v) is 5.27. The zero-order valence-corrected chi connectivity index (χ0v) is 9.21. The molecule has 0 amide bonds. The lowest BCUT2D eigenvalue weighted by molar-refractivity contribution is 1.08. The average molecular weight is 245 g/mol. The van der Waals surface area contributed by atoms with Gasteiger partial charge in [-0.1, -0.05) is 22.9 Å². The molecule has 2 aromatic rings. The summed E-state index contributed by atoms with van der Waals surface area (Å²) in [4.78, 5) is 3.93. The first kappa shape index (κ1) is 9.57. The van der Waals surface area contributed by atoms with Gasteiger partial charge in [0.1, 0.15) is 0 Å². The number of rotatable bonds is 2. The molecule has 2 heterocycles. The molecule has 0 saturated heterocycles. The number of halogens is 1. The van der Waals surface area contributed by atoms with Crippen LogP contribution in [0.15, 0.2) is 18.5 Å². The van der Waals surface area contributed by atoms with E-state index in [1.54, 1.807) is 18.5 Å². The van der Waals surface area contributed by atoms with Crippen LogP contribution in [0.5, 0.6) is 0 Å². The van der Waals surface area contributed by atoms with Crippen molar-refractivity contribution in [2.24, 2.45) is 0 Å². The molecule has 2 aromatic heterocycles. The molecule has 0 aliphatic carbocycles. The van der Waals surface area contributed by atoms with Crippen molar-refractivity contribution in [1.82, 2.24) is 15.2 Å². The molecule has 0 unspecified atom stereocenters. The van der Waals surface area contributed by atoms with E-state index in [1.165, 1.54) is 11.3 Å². The van der Waals surface area contributed by atoms with Gasteiger partial charge >= 0.3 is 0 Å². The highest BCUT2D eigenvalue weighted by Crippen LogP contribution is 2.19. The molecule has 2 rings (SSSR count). The van der Waals surface area contributed by atoms with Gasteiger partial charge in [-0.3, -0.25) is 10.1 Å². The molecule has 0 fully saturated rings. The number of H-pyrrole nitrogens is 1. The largest absolute Gasteiger partial charge is 0.329 e. The molecular formula is C7H5ClN4S2. The molecular weight excluding hydrogens is 240 g/mol. The Labute approximate surface area is 94.0 Å². The van der Waals surface area contributed by atoms with Crippen molar-refractivity contribution < 1.29 is 0 Å². The fraction of sp³-hybridized carbons (Fsp3) is 0. The summed E-state index contributed by atoms with van der Waals surface area (Å²) in [6.07, 6.45) is 3.23. The molecule has 7 heteroatoms. The maximum atomic E-state index is 5.77. The molecule has 0 aromatic carbocycles. The van der Waals surface area contributed by atoms with Crippen molar-refractivity contribution >= 4 is 46.0 Å². The van der Waals surface area contributed by atoms with Gasteiger partial charge in [0.2, 0.25) is 5.13 Å². The topological polar surface area (TPSA) is 53.6 Å². The van der Waals surface area contributed by atoms with E-state index >= 15 is 0 Å². The third-order valence-electron chi connectivity index (χ3n) is 1.39. The van der Waals surface area contributed by atoms with Crippen LogP contribution in [-0.2, 0) is 0 Å². The highest BCUT2D eigenvalue weighted by Gasteiger charge is 1.98. The fourth-order valence-electron chi connectivity index (χ4n) is 0.887. The second-order valence-corrected chi connectivity index (χ2v) is 4.54. The zero-order valence-electron chi connectivity index (χ0n) is 6.82. The minimum Gasteiger partial charge on any atom is -0.329 e. The first-order chi connectivity index (χ1) is 6.74. The van der Waals surface area contributed by atoms with Crippen LogP contribution in [0.3, 0.4) is 0 Å². The lowest BCUT2D eigenvalue weighted by atomic mass is 10.4. The van der Waals surface area contributed by atoms with Gasteiger partial charge in [-0.2, -0.15) is 0 Å². The maximum absolute atomic E-state index is 5.77. The van der Waals surface area contributed by atoms with Crippen molar-refractivity contribution in [3.63, 3.8) is 0 Å². The van der Waals surface area contributed by atoms with Gasteiger partial charge in [-0.15, -0.1) is 5.10 Å². The lowest BCUT2D eigenvalue weighted by Crippen LogP contribution is -1.89. The van der Waals surface area contributed by atoms with Gasteiger partial charge in [-0.05, 0) is 18.3 Å². The Kier molecular flexibility index (Phi) is 2.76. The molecule has 0 spiro atoms. The van der Waals surface area contributed by atoms with Crippen LogP contribution in [-0.4, -0.2) is 15.2 Å². The molecule has 0 radical (unpaired) electrons. The third-order valence-corrected chi connectivity index (χ3v) is 2.61. The molecule has 0 bridgehead atoms. The Bertz CT molecular complexity index is 492. The van der Waals surface area contributed by atoms with Crippen molar-refractivity contribution in [2.45, 2.75) is 0 Å². The van der Waals surface area contributed by atoms with Crippen LogP contribution in [0.4, 0.5) is 10.8 Å². The number of nitrogens with zero attached hydrogens (tertiary/aromatic N) is 2. The van der Waals surface area contributed by atoms with E-state index in [0.717, 1.165) is 5.69 Å². The molecule has 72 valence electrons. The van der Waals surface area contributed by atoms with Gasteiger partial charge in [0.25, 0.3) is 0 Å². The van der Waals surface area contributed by atoms with E-state index in [2.05, 4.69) is 20.5 Å². The van der Waals surface area contributed by atoms with Gasteiger partial charge in [0, 0.05) is 6.20 Å². The van der Waals surface area contributed by atoms with Gasteiger partial charge < -0.3 is 5.32 Å². The van der Waals surface area contributed by atoms with E-state index in [1.807, 2.05) is 0 Å². The number of nitrogens with one attached hydrogen (secondary N) is 2. The van der Waals surface area contributed by atoms with Crippen LogP contribution < -0.4 is 5.32 Å². The highest BCUT2D eigenvalue weighted by atomic mass is 35.5. The van der Waals surface area contributed by atoms with Crippen molar-refractivity contribution in [2.75, 3.05) is 5.32 Å². The van der Waals surface area contributed by atoms with Gasteiger partial charge in [0.05, 0.1) is 16.9 Å². The molecule has 2 N–H and O–H groups in total.